The van der Waals surface area contributed by atoms with E-state index in [9.17, 15) is 24.5 Å². The van der Waals surface area contributed by atoms with Crippen LogP contribution in [-0.2, 0) is 9.59 Å². The Morgan fingerprint density at radius 2 is 1.82 bits per heavy atom. The standard InChI is InChI=1S/C21H16N6O6/c1-33-12-7-8-15-13(9-12)14(10-16(22-15)11-5-3-2-4-6-11)18(28)25-26-21-23-19(29)17(27(31)32)20(30)24-21/h2-10,17H,1H3,(H,25,28)(H2,23,24,26,29,30). The number of aromatic nitrogens is 1. The SMILES string of the molecule is COc1ccc2nc(-c3ccccc3)cc(C(=O)NN=C3NC(=O)C([N+](=O)[O-])C(=O)N3)c2c1. The van der Waals surface area contributed by atoms with Gasteiger partial charge in [0.1, 0.15) is 5.75 Å². The van der Waals surface area contributed by atoms with Crippen molar-refractivity contribution in [2.75, 3.05) is 7.11 Å². The minimum absolute atomic E-state index is 0.207. The molecule has 1 aliphatic heterocycles. The van der Waals surface area contributed by atoms with Gasteiger partial charge >= 0.3 is 17.9 Å². The minimum atomic E-state index is -2.09. The van der Waals surface area contributed by atoms with Gasteiger partial charge in [-0.05, 0) is 24.3 Å². The molecule has 0 aliphatic carbocycles. The molecule has 1 aliphatic rings. The Hall–Kier alpha value is -4.87. The number of nitrogens with zero attached hydrogens (tertiary/aromatic N) is 3. The Morgan fingerprint density at radius 1 is 1.12 bits per heavy atom. The van der Waals surface area contributed by atoms with Crippen molar-refractivity contribution >= 4 is 34.6 Å². The average Bonchev–Trinajstić information content (AvgIpc) is 2.81. The van der Waals surface area contributed by atoms with Crippen molar-refractivity contribution in [3.05, 3.63) is 70.3 Å². The Balaban J connectivity index is 1.68. The van der Waals surface area contributed by atoms with Crippen molar-refractivity contribution in [2.24, 2.45) is 5.10 Å². The largest absolute Gasteiger partial charge is 0.497 e. The summed E-state index contributed by atoms with van der Waals surface area (Å²) in [6, 6.07) is 13.8. The first kappa shape index (κ1) is 21.4. The molecule has 1 fully saturated rings. The van der Waals surface area contributed by atoms with E-state index < -0.39 is 34.6 Å². The monoisotopic (exact) mass is 448 g/mol. The average molecular weight is 448 g/mol. The van der Waals surface area contributed by atoms with Crippen molar-refractivity contribution in [2.45, 2.75) is 6.04 Å². The smallest absolute Gasteiger partial charge is 0.366 e. The number of pyridine rings is 1. The first-order valence-electron chi connectivity index (χ1n) is 9.55. The van der Waals surface area contributed by atoms with Crippen LogP contribution < -0.4 is 20.8 Å². The van der Waals surface area contributed by atoms with Gasteiger partial charge < -0.3 is 4.74 Å². The Bertz CT molecular complexity index is 1300. The van der Waals surface area contributed by atoms with Gasteiger partial charge in [0.25, 0.3) is 5.91 Å². The summed E-state index contributed by atoms with van der Waals surface area (Å²) < 4.78 is 5.24. The van der Waals surface area contributed by atoms with Gasteiger partial charge in [0.15, 0.2) is 0 Å². The fourth-order valence-corrected chi connectivity index (χ4v) is 3.21. The molecule has 3 aromatic rings. The lowest BCUT2D eigenvalue weighted by atomic mass is 10.0. The van der Waals surface area contributed by atoms with Gasteiger partial charge in [-0.25, -0.2) is 10.4 Å². The predicted octanol–water partition coefficient (Wildman–Crippen LogP) is 0.802. The highest BCUT2D eigenvalue weighted by atomic mass is 16.6. The number of hydrazone groups is 1. The van der Waals surface area contributed by atoms with E-state index in [1.807, 2.05) is 30.3 Å². The van der Waals surface area contributed by atoms with Crippen molar-refractivity contribution in [1.82, 2.24) is 21.0 Å². The number of carbonyl (C=O) groups excluding carboxylic acids is 3. The third-order valence-electron chi connectivity index (χ3n) is 4.79. The molecule has 2 aromatic carbocycles. The van der Waals surface area contributed by atoms with Crippen LogP contribution in [0.3, 0.4) is 0 Å². The summed E-state index contributed by atoms with van der Waals surface area (Å²) in [5.41, 5.74) is 4.31. The maximum Gasteiger partial charge on any atom is 0.366 e. The number of amides is 3. The number of rotatable bonds is 5. The van der Waals surface area contributed by atoms with Crippen LogP contribution in [0.4, 0.5) is 0 Å². The fraction of sp³-hybridized carbons (Fsp3) is 0.0952. The summed E-state index contributed by atoms with van der Waals surface area (Å²) >= 11 is 0. The lowest BCUT2D eigenvalue weighted by Gasteiger charge is -2.17. The van der Waals surface area contributed by atoms with Gasteiger partial charge in [0, 0.05) is 15.9 Å². The van der Waals surface area contributed by atoms with Gasteiger partial charge in [-0.15, -0.1) is 5.10 Å². The second-order valence-electron chi connectivity index (χ2n) is 6.87. The molecule has 1 aromatic heterocycles. The first-order chi connectivity index (χ1) is 15.9. The molecule has 12 heteroatoms. The van der Waals surface area contributed by atoms with Crippen LogP contribution in [0.1, 0.15) is 10.4 Å². The molecule has 0 spiro atoms. The number of methoxy groups -OCH3 is 1. The molecule has 0 saturated carbocycles. The summed E-state index contributed by atoms with van der Waals surface area (Å²) in [6.45, 7) is 0. The van der Waals surface area contributed by atoms with Gasteiger partial charge in [0.2, 0.25) is 5.96 Å². The van der Waals surface area contributed by atoms with E-state index in [0.717, 1.165) is 5.56 Å². The van der Waals surface area contributed by atoms with E-state index in [4.69, 9.17) is 4.74 Å². The van der Waals surface area contributed by atoms with Crippen molar-refractivity contribution in [1.29, 1.82) is 0 Å². The van der Waals surface area contributed by atoms with E-state index in [1.54, 1.807) is 24.3 Å². The lowest BCUT2D eigenvalue weighted by Crippen LogP contribution is -2.62. The molecular formula is C21H16N6O6. The Morgan fingerprint density at radius 3 is 2.45 bits per heavy atom. The molecule has 12 nitrogen and oxygen atoms in total. The van der Waals surface area contributed by atoms with Gasteiger partial charge in [0.05, 0.1) is 23.9 Å². The number of nitrogens with one attached hydrogen (secondary N) is 3. The number of ether oxygens (including phenoxy) is 1. The first-order valence-corrected chi connectivity index (χ1v) is 9.55. The fourth-order valence-electron chi connectivity index (χ4n) is 3.21. The van der Waals surface area contributed by atoms with Crippen LogP contribution in [0.15, 0.2) is 59.7 Å². The van der Waals surface area contributed by atoms with Gasteiger partial charge in [-0.3, -0.25) is 35.1 Å². The molecule has 3 N–H and O–H groups in total. The maximum absolute atomic E-state index is 13.0. The molecule has 0 atom stereocenters. The highest BCUT2D eigenvalue weighted by Gasteiger charge is 2.43. The summed E-state index contributed by atoms with van der Waals surface area (Å²) in [5.74, 6) is -2.92. The van der Waals surface area contributed by atoms with Gasteiger partial charge in [-0.1, -0.05) is 30.3 Å². The topological polar surface area (TPSA) is 165 Å². The zero-order chi connectivity index (χ0) is 23.5. The number of nitro groups is 1. The highest BCUT2D eigenvalue weighted by Crippen LogP contribution is 2.27. The molecule has 166 valence electrons. The van der Waals surface area contributed by atoms with Gasteiger partial charge in [-0.2, -0.15) is 0 Å². The minimum Gasteiger partial charge on any atom is -0.497 e. The second kappa shape index (κ2) is 8.70. The predicted molar refractivity (Wildman–Crippen MR) is 116 cm³/mol. The molecule has 3 amide bonds. The van der Waals surface area contributed by atoms with Crippen LogP contribution in [0.2, 0.25) is 0 Å². The van der Waals surface area contributed by atoms with Crippen molar-refractivity contribution in [3.63, 3.8) is 0 Å². The quantitative estimate of drug-likeness (QED) is 0.295. The van der Waals surface area contributed by atoms with Crippen LogP contribution in [0.5, 0.6) is 5.75 Å². The molecule has 2 heterocycles. The third-order valence-corrected chi connectivity index (χ3v) is 4.79. The van der Waals surface area contributed by atoms with Crippen molar-refractivity contribution < 1.29 is 24.0 Å². The van der Waals surface area contributed by atoms with E-state index in [1.165, 1.54) is 7.11 Å². The molecule has 0 bridgehead atoms. The Kier molecular flexibility index (Phi) is 5.64. The molecule has 0 unspecified atom stereocenters. The highest BCUT2D eigenvalue weighted by molar-refractivity contribution is 6.19. The number of hydrogen-bond acceptors (Lipinski definition) is 8. The van der Waals surface area contributed by atoms with Crippen LogP contribution >= 0.6 is 0 Å². The van der Waals surface area contributed by atoms with E-state index in [2.05, 4.69) is 26.1 Å². The van der Waals surface area contributed by atoms with Crippen LogP contribution in [0.25, 0.3) is 22.2 Å². The van der Waals surface area contributed by atoms with Crippen LogP contribution in [-0.4, -0.2) is 46.7 Å². The van der Waals surface area contributed by atoms with E-state index >= 15 is 0 Å². The third kappa shape index (κ3) is 4.30. The lowest BCUT2D eigenvalue weighted by molar-refractivity contribution is -0.494. The summed E-state index contributed by atoms with van der Waals surface area (Å²) in [5, 5.41) is 19.1. The van der Waals surface area contributed by atoms with E-state index in [-0.39, 0.29) is 5.56 Å². The maximum atomic E-state index is 13.0. The Labute approximate surface area is 185 Å². The summed E-state index contributed by atoms with van der Waals surface area (Å²) in [6.07, 6.45) is 0. The van der Waals surface area contributed by atoms with Crippen molar-refractivity contribution in [3.8, 4) is 17.0 Å². The number of hydrogen-bond donors (Lipinski definition) is 3. The van der Waals surface area contributed by atoms with Crippen LogP contribution in [0, 0.1) is 10.1 Å². The molecule has 33 heavy (non-hydrogen) atoms. The summed E-state index contributed by atoms with van der Waals surface area (Å²) in [7, 11) is 1.49. The second-order valence-corrected chi connectivity index (χ2v) is 6.87. The molecule has 0 radical (unpaired) electrons. The number of fused-ring (bicyclic) bond motifs is 1. The molecule has 1 saturated heterocycles. The normalized spacial score (nSPS) is 15.4. The summed E-state index contributed by atoms with van der Waals surface area (Å²) in [4.78, 5) is 51.0. The van der Waals surface area contributed by atoms with E-state index in [0.29, 0.717) is 22.3 Å². The number of benzene rings is 2. The zero-order valence-corrected chi connectivity index (χ0v) is 17.1. The number of carbonyl (C=O) groups is 3. The number of guanidine groups is 1. The zero-order valence-electron chi connectivity index (χ0n) is 17.1. The molecule has 4 rings (SSSR count). The molecular weight excluding hydrogens is 432 g/mol.